The largest absolute Gasteiger partial charge is 0.384 e. The predicted molar refractivity (Wildman–Crippen MR) is 59.7 cm³/mol. The van der Waals surface area contributed by atoms with Gasteiger partial charge in [0.05, 0.1) is 6.61 Å². The first-order chi connectivity index (χ1) is 7.33. The van der Waals surface area contributed by atoms with E-state index in [0.29, 0.717) is 13.0 Å². The lowest BCUT2D eigenvalue weighted by Gasteiger charge is -2.22. The molecular weight excluding hydrogens is 192 g/mol. The minimum atomic E-state index is 0.103. The van der Waals surface area contributed by atoms with Crippen LogP contribution in [-0.4, -0.2) is 39.3 Å². The molecule has 88 valence electrons. The number of hydrogen-bond donors (Lipinski definition) is 2. The number of piperidine rings is 1. The summed E-state index contributed by atoms with van der Waals surface area (Å²) in [5.74, 6) is 0.889. The summed E-state index contributed by atoms with van der Waals surface area (Å²) in [7, 11) is 1.61. The molecule has 0 saturated carbocycles. The van der Waals surface area contributed by atoms with Crippen molar-refractivity contribution in [2.45, 2.75) is 25.7 Å². The van der Waals surface area contributed by atoms with Gasteiger partial charge in [-0.2, -0.15) is 0 Å². The summed E-state index contributed by atoms with van der Waals surface area (Å²) in [6, 6.07) is 0. The van der Waals surface area contributed by atoms with Crippen LogP contribution in [0.25, 0.3) is 0 Å². The van der Waals surface area contributed by atoms with Crippen molar-refractivity contribution in [3.05, 3.63) is 0 Å². The molecule has 0 atom stereocenters. The molecular formula is C11H22N2O2. The molecule has 4 heteroatoms. The van der Waals surface area contributed by atoms with Gasteiger partial charge in [0.25, 0.3) is 0 Å². The van der Waals surface area contributed by atoms with Crippen LogP contribution in [-0.2, 0) is 9.53 Å². The van der Waals surface area contributed by atoms with E-state index in [2.05, 4.69) is 10.6 Å². The highest BCUT2D eigenvalue weighted by Gasteiger charge is 2.12. The van der Waals surface area contributed by atoms with Gasteiger partial charge in [0.15, 0.2) is 0 Å². The zero-order valence-corrected chi connectivity index (χ0v) is 9.55. The second-order valence-electron chi connectivity index (χ2n) is 4.07. The third-order valence-corrected chi connectivity index (χ3v) is 2.87. The molecule has 0 aromatic rings. The number of rotatable bonds is 6. The number of nitrogens with one attached hydrogen (secondary N) is 2. The molecule has 1 aliphatic heterocycles. The van der Waals surface area contributed by atoms with Crippen LogP contribution in [0.5, 0.6) is 0 Å². The Morgan fingerprint density at radius 3 is 2.87 bits per heavy atom. The average Bonchev–Trinajstić information content (AvgIpc) is 2.28. The van der Waals surface area contributed by atoms with Gasteiger partial charge >= 0.3 is 0 Å². The van der Waals surface area contributed by atoms with E-state index in [1.807, 2.05) is 0 Å². The van der Waals surface area contributed by atoms with Gasteiger partial charge < -0.3 is 15.4 Å². The number of carbonyl (C=O) groups excluding carboxylic acids is 1. The van der Waals surface area contributed by atoms with Crippen LogP contribution >= 0.6 is 0 Å². The van der Waals surface area contributed by atoms with E-state index in [-0.39, 0.29) is 5.91 Å². The molecule has 1 rings (SSSR count). The van der Waals surface area contributed by atoms with E-state index in [9.17, 15) is 4.79 Å². The van der Waals surface area contributed by atoms with Gasteiger partial charge in [-0.1, -0.05) is 0 Å². The summed E-state index contributed by atoms with van der Waals surface area (Å²) in [6.07, 6.45) is 4.07. The van der Waals surface area contributed by atoms with Gasteiger partial charge in [0, 0.05) is 20.1 Å². The molecule has 0 aliphatic carbocycles. The second-order valence-corrected chi connectivity index (χ2v) is 4.07. The zero-order chi connectivity index (χ0) is 10.9. The Morgan fingerprint density at radius 2 is 2.20 bits per heavy atom. The third-order valence-electron chi connectivity index (χ3n) is 2.87. The molecule has 4 nitrogen and oxygen atoms in total. The van der Waals surface area contributed by atoms with E-state index in [0.717, 1.165) is 32.0 Å². The molecule has 0 aromatic carbocycles. The van der Waals surface area contributed by atoms with E-state index in [1.165, 1.54) is 12.8 Å². The van der Waals surface area contributed by atoms with Gasteiger partial charge in [-0.3, -0.25) is 4.79 Å². The maximum atomic E-state index is 11.2. The summed E-state index contributed by atoms with van der Waals surface area (Å²) in [5.41, 5.74) is 0. The van der Waals surface area contributed by atoms with Gasteiger partial charge in [0.1, 0.15) is 0 Å². The number of hydrogen-bond acceptors (Lipinski definition) is 3. The van der Waals surface area contributed by atoms with Gasteiger partial charge in [-0.05, 0) is 38.3 Å². The van der Waals surface area contributed by atoms with E-state index in [4.69, 9.17) is 4.74 Å². The first-order valence-corrected chi connectivity index (χ1v) is 5.79. The van der Waals surface area contributed by atoms with Crippen LogP contribution in [0.3, 0.4) is 0 Å². The fourth-order valence-corrected chi connectivity index (χ4v) is 1.87. The van der Waals surface area contributed by atoms with Crippen LogP contribution < -0.4 is 10.6 Å². The highest BCUT2D eigenvalue weighted by Crippen LogP contribution is 2.14. The van der Waals surface area contributed by atoms with Crippen LogP contribution in [0.2, 0.25) is 0 Å². The molecule has 1 aliphatic rings. The quantitative estimate of drug-likeness (QED) is 0.678. The average molecular weight is 214 g/mol. The topological polar surface area (TPSA) is 50.4 Å². The van der Waals surface area contributed by atoms with Crippen molar-refractivity contribution in [3.8, 4) is 0 Å². The summed E-state index contributed by atoms with van der Waals surface area (Å²) < 4.78 is 4.84. The van der Waals surface area contributed by atoms with Crippen LogP contribution in [0.15, 0.2) is 0 Å². The molecule has 0 radical (unpaired) electrons. The van der Waals surface area contributed by atoms with E-state index < -0.39 is 0 Å². The summed E-state index contributed by atoms with van der Waals surface area (Å²) >= 11 is 0. The maximum Gasteiger partial charge on any atom is 0.222 e. The Bertz CT molecular complexity index is 179. The lowest BCUT2D eigenvalue weighted by molar-refractivity contribution is -0.122. The summed E-state index contributed by atoms with van der Waals surface area (Å²) in [5, 5.41) is 6.26. The Labute approximate surface area is 91.8 Å². The predicted octanol–water partition coefficient (Wildman–Crippen LogP) is 0.529. The van der Waals surface area contributed by atoms with Crippen LogP contribution in [0, 0.1) is 5.92 Å². The number of amides is 1. The summed E-state index contributed by atoms with van der Waals surface area (Å²) in [4.78, 5) is 11.2. The molecule has 2 N–H and O–H groups in total. The zero-order valence-electron chi connectivity index (χ0n) is 9.55. The van der Waals surface area contributed by atoms with Crippen molar-refractivity contribution in [1.29, 1.82) is 0 Å². The smallest absolute Gasteiger partial charge is 0.222 e. The van der Waals surface area contributed by atoms with Crippen molar-refractivity contribution in [3.63, 3.8) is 0 Å². The van der Waals surface area contributed by atoms with Crippen molar-refractivity contribution >= 4 is 5.91 Å². The highest BCUT2D eigenvalue weighted by atomic mass is 16.5. The first-order valence-electron chi connectivity index (χ1n) is 5.79. The maximum absolute atomic E-state index is 11.2. The molecule has 0 bridgehead atoms. The minimum Gasteiger partial charge on any atom is -0.384 e. The fraction of sp³-hybridized carbons (Fsp3) is 0.909. The van der Waals surface area contributed by atoms with Gasteiger partial charge in [-0.15, -0.1) is 0 Å². The van der Waals surface area contributed by atoms with Crippen molar-refractivity contribution in [2.24, 2.45) is 5.92 Å². The van der Waals surface area contributed by atoms with Crippen molar-refractivity contribution < 1.29 is 9.53 Å². The molecule has 1 heterocycles. The van der Waals surface area contributed by atoms with E-state index >= 15 is 0 Å². The standard InChI is InChI=1S/C11H22N2O2/c1-15-9-5-11(14)13-8-4-10-2-6-12-7-3-10/h10,12H,2-9H2,1H3,(H,13,14). The molecule has 0 unspecified atom stereocenters. The lowest BCUT2D eigenvalue weighted by Crippen LogP contribution is -2.31. The Morgan fingerprint density at radius 1 is 1.47 bits per heavy atom. The first kappa shape index (κ1) is 12.5. The Hall–Kier alpha value is -0.610. The SMILES string of the molecule is COCCC(=O)NCCC1CCNCC1. The Kier molecular flexibility index (Phi) is 6.36. The monoisotopic (exact) mass is 214 g/mol. The number of methoxy groups -OCH3 is 1. The van der Waals surface area contributed by atoms with E-state index in [1.54, 1.807) is 7.11 Å². The molecule has 1 fully saturated rings. The van der Waals surface area contributed by atoms with Crippen molar-refractivity contribution in [2.75, 3.05) is 33.4 Å². The highest BCUT2D eigenvalue weighted by molar-refractivity contribution is 5.75. The lowest BCUT2D eigenvalue weighted by atomic mass is 9.95. The second kappa shape index (κ2) is 7.65. The molecule has 1 saturated heterocycles. The molecule has 1 amide bonds. The molecule has 0 spiro atoms. The van der Waals surface area contributed by atoms with Crippen LogP contribution in [0.4, 0.5) is 0 Å². The van der Waals surface area contributed by atoms with Gasteiger partial charge in [0.2, 0.25) is 5.91 Å². The van der Waals surface area contributed by atoms with Crippen LogP contribution in [0.1, 0.15) is 25.7 Å². The number of carbonyl (C=O) groups is 1. The molecule has 0 aromatic heterocycles. The minimum absolute atomic E-state index is 0.103. The normalized spacial score (nSPS) is 17.7. The third kappa shape index (κ3) is 5.74. The molecule has 15 heavy (non-hydrogen) atoms. The Balaban J connectivity index is 1.97. The van der Waals surface area contributed by atoms with Gasteiger partial charge in [-0.25, -0.2) is 0 Å². The number of ether oxygens (including phenoxy) is 1. The van der Waals surface area contributed by atoms with Crippen molar-refractivity contribution in [1.82, 2.24) is 10.6 Å². The summed E-state index contributed by atoms with van der Waals surface area (Å²) in [6.45, 7) is 3.58. The fourth-order valence-electron chi connectivity index (χ4n) is 1.87.